The SMILES string of the molecule is CSCCC(NC(=O)C(N)CC(N)=O)C(=O)O. The van der Waals surface area contributed by atoms with Crippen LogP contribution in [0, 0.1) is 0 Å². The zero-order chi connectivity index (χ0) is 13.4. The molecule has 2 unspecified atom stereocenters. The van der Waals surface area contributed by atoms with Crippen LogP contribution in [0.2, 0.25) is 0 Å². The standard InChI is InChI=1S/C9H17N3O4S/c1-17-3-2-6(9(15)16)12-8(14)5(10)4-7(11)13/h5-6H,2-4,10H2,1H3,(H2,11,13)(H,12,14)(H,15,16). The van der Waals surface area contributed by atoms with Crippen molar-refractivity contribution in [3.05, 3.63) is 0 Å². The van der Waals surface area contributed by atoms with Gasteiger partial charge in [-0.15, -0.1) is 0 Å². The van der Waals surface area contributed by atoms with Crippen molar-refractivity contribution in [2.75, 3.05) is 12.0 Å². The molecule has 0 spiro atoms. The fourth-order valence-corrected chi connectivity index (χ4v) is 1.55. The minimum atomic E-state index is -1.13. The van der Waals surface area contributed by atoms with Gasteiger partial charge in [0.2, 0.25) is 11.8 Å². The third-order valence-electron chi connectivity index (χ3n) is 1.98. The van der Waals surface area contributed by atoms with E-state index in [4.69, 9.17) is 16.6 Å². The van der Waals surface area contributed by atoms with E-state index in [9.17, 15) is 14.4 Å². The van der Waals surface area contributed by atoms with Gasteiger partial charge in [-0.2, -0.15) is 11.8 Å². The molecule has 0 aromatic heterocycles. The van der Waals surface area contributed by atoms with Gasteiger partial charge >= 0.3 is 5.97 Å². The monoisotopic (exact) mass is 263 g/mol. The van der Waals surface area contributed by atoms with Gasteiger partial charge in [-0.3, -0.25) is 9.59 Å². The largest absolute Gasteiger partial charge is 0.480 e. The Morgan fingerprint density at radius 3 is 2.41 bits per heavy atom. The van der Waals surface area contributed by atoms with E-state index in [-0.39, 0.29) is 6.42 Å². The Morgan fingerprint density at radius 1 is 1.41 bits per heavy atom. The number of amides is 2. The second-order valence-corrected chi connectivity index (χ2v) is 4.44. The van der Waals surface area contributed by atoms with Gasteiger partial charge in [-0.25, -0.2) is 4.79 Å². The Bertz CT molecular complexity index is 298. The van der Waals surface area contributed by atoms with Crippen LogP contribution in [0.15, 0.2) is 0 Å². The van der Waals surface area contributed by atoms with Crippen molar-refractivity contribution in [3.8, 4) is 0 Å². The lowest BCUT2D eigenvalue weighted by atomic mass is 10.1. The third-order valence-corrected chi connectivity index (χ3v) is 2.63. The first kappa shape index (κ1) is 15.7. The molecule has 0 aromatic carbocycles. The summed E-state index contributed by atoms with van der Waals surface area (Å²) in [5.74, 6) is -1.91. The minimum Gasteiger partial charge on any atom is -0.480 e. The number of carboxylic acid groups (broad SMARTS) is 1. The number of carbonyl (C=O) groups is 3. The second kappa shape index (κ2) is 7.91. The average molecular weight is 263 g/mol. The molecule has 0 fully saturated rings. The lowest BCUT2D eigenvalue weighted by molar-refractivity contribution is -0.142. The molecule has 8 heteroatoms. The fourth-order valence-electron chi connectivity index (χ4n) is 1.08. The smallest absolute Gasteiger partial charge is 0.326 e. The maximum Gasteiger partial charge on any atom is 0.326 e. The molecular weight excluding hydrogens is 246 g/mol. The van der Waals surface area contributed by atoms with E-state index in [0.717, 1.165) is 0 Å². The van der Waals surface area contributed by atoms with E-state index in [2.05, 4.69) is 5.32 Å². The molecular formula is C9H17N3O4S. The fraction of sp³-hybridized carbons (Fsp3) is 0.667. The van der Waals surface area contributed by atoms with E-state index in [1.807, 2.05) is 6.26 Å². The van der Waals surface area contributed by atoms with Gasteiger partial charge in [-0.05, 0) is 18.4 Å². The first-order valence-corrected chi connectivity index (χ1v) is 6.33. The van der Waals surface area contributed by atoms with E-state index in [1.54, 1.807) is 0 Å². The average Bonchev–Trinajstić information content (AvgIpc) is 2.22. The lowest BCUT2D eigenvalue weighted by Crippen LogP contribution is -2.49. The van der Waals surface area contributed by atoms with Crippen LogP contribution in [-0.2, 0) is 14.4 Å². The quantitative estimate of drug-likeness (QED) is 0.421. The molecule has 0 radical (unpaired) electrons. The van der Waals surface area contributed by atoms with Gasteiger partial charge in [0.1, 0.15) is 6.04 Å². The molecule has 0 rings (SSSR count). The topological polar surface area (TPSA) is 136 Å². The van der Waals surface area contributed by atoms with Crippen LogP contribution in [0.4, 0.5) is 0 Å². The normalized spacial score (nSPS) is 13.8. The van der Waals surface area contributed by atoms with Gasteiger partial charge in [-0.1, -0.05) is 0 Å². The molecule has 0 heterocycles. The number of thioether (sulfide) groups is 1. The molecule has 6 N–H and O–H groups in total. The molecule has 17 heavy (non-hydrogen) atoms. The van der Waals surface area contributed by atoms with Crippen LogP contribution in [-0.4, -0.2) is 47.0 Å². The molecule has 0 aliphatic carbocycles. The maximum absolute atomic E-state index is 11.4. The Kier molecular flexibility index (Phi) is 7.31. The lowest BCUT2D eigenvalue weighted by Gasteiger charge is -2.16. The molecule has 2 amide bonds. The van der Waals surface area contributed by atoms with Crippen LogP contribution in [0.3, 0.4) is 0 Å². The predicted molar refractivity (Wildman–Crippen MR) is 64.4 cm³/mol. The first-order chi connectivity index (χ1) is 7.88. The van der Waals surface area contributed by atoms with E-state index >= 15 is 0 Å². The molecule has 0 bridgehead atoms. The van der Waals surface area contributed by atoms with Crippen molar-refractivity contribution in [1.29, 1.82) is 0 Å². The highest BCUT2D eigenvalue weighted by Crippen LogP contribution is 2.01. The van der Waals surface area contributed by atoms with Crippen molar-refractivity contribution in [3.63, 3.8) is 0 Å². The number of nitrogens with two attached hydrogens (primary N) is 2. The number of nitrogens with one attached hydrogen (secondary N) is 1. The Labute approximate surface area is 103 Å². The molecule has 98 valence electrons. The molecule has 0 saturated heterocycles. The van der Waals surface area contributed by atoms with Gasteiger partial charge < -0.3 is 21.9 Å². The molecule has 2 atom stereocenters. The van der Waals surface area contributed by atoms with Crippen LogP contribution >= 0.6 is 11.8 Å². The number of aliphatic carboxylic acids is 1. The summed E-state index contributed by atoms with van der Waals surface area (Å²) in [5.41, 5.74) is 10.3. The summed E-state index contributed by atoms with van der Waals surface area (Å²) in [7, 11) is 0. The summed E-state index contributed by atoms with van der Waals surface area (Å²) in [6, 6.07) is -2.10. The van der Waals surface area contributed by atoms with Crippen LogP contribution in [0.5, 0.6) is 0 Å². The van der Waals surface area contributed by atoms with Gasteiger partial charge in [0, 0.05) is 0 Å². The van der Waals surface area contributed by atoms with Gasteiger partial charge in [0.15, 0.2) is 0 Å². The summed E-state index contributed by atoms with van der Waals surface area (Å²) in [4.78, 5) is 32.8. The van der Waals surface area contributed by atoms with Crippen molar-refractivity contribution >= 4 is 29.5 Å². The first-order valence-electron chi connectivity index (χ1n) is 4.94. The van der Waals surface area contributed by atoms with E-state index in [1.165, 1.54) is 11.8 Å². The third kappa shape index (κ3) is 6.80. The number of rotatable bonds is 8. The number of carbonyl (C=O) groups excluding carboxylic acids is 2. The highest BCUT2D eigenvalue weighted by Gasteiger charge is 2.23. The number of primary amides is 1. The summed E-state index contributed by atoms with van der Waals surface area (Å²) >= 11 is 1.47. The Morgan fingerprint density at radius 2 is 2.00 bits per heavy atom. The number of hydrogen-bond acceptors (Lipinski definition) is 5. The number of hydrogen-bond donors (Lipinski definition) is 4. The molecule has 0 saturated carbocycles. The summed E-state index contributed by atoms with van der Waals surface area (Å²) in [6.45, 7) is 0. The summed E-state index contributed by atoms with van der Waals surface area (Å²) in [6.07, 6.45) is 1.83. The molecule has 7 nitrogen and oxygen atoms in total. The van der Waals surface area contributed by atoms with E-state index in [0.29, 0.717) is 12.2 Å². The molecule has 0 aliphatic rings. The van der Waals surface area contributed by atoms with E-state index < -0.39 is 29.9 Å². The zero-order valence-electron chi connectivity index (χ0n) is 9.51. The minimum absolute atomic E-state index is 0.297. The second-order valence-electron chi connectivity index (χ2n) is 3.46. The summed E-state index contributed by atoms with van der Waals surface area (Å²) < 4.78 is 0. The molecule has 0 aliphatic heterocycles. The van der Waals surface area contributed by atoms with Gasteiger partial charge in [0.05, 0.1) is 12.5 Å². The maximum atomic E-state index is 11.4. The van der Waals surface area contributed by atoms with Crippen LogP contribution in [0.1, 0.15) is 12.8 Å². The van der Waals surface area contributed by atoms with Crippen molar-refractivity contribution < 1.29 is 19.5 Å². The van der Waals surface area contributed by atoms with Gasteiger partial charge in [0.25, 0.3) is 0 Å². The van der Waals surface area contributed by atoms with Crippen molar-refractivity contribution in [2.24, 2.45) is 11.5 Å². The van der Waals surface area contributed by atoms with Crippen molar-refractivity contribution in [1.82, 2.24) is 5.32 Å². The van der Waals surface area contributed by atoms with Crippen molar-refractivity contribution in [2.45, 2.75) is 24.9 Å². The molecule has 0 aromatic rings. The van der Waals surface area contributed by atoms with Crippen LogP contribution in [0.25, 0.3) is 0 Å². The highest BCUT2D eigenvalue weighted by molar-refractivity contribution is 7.98. The Balaban J connectivity index is 4.29. The zero-order valence-corrected chi connectivity index (χ0v) is 10.3. The Hall–Kier alpha value is -1.28. The highest BCUT2D eigenvalue weighted by atomic mass is 32.2. The predicted octanol–water partition coefficient (Wildman–Crippen LogP) is -1.49. The van der Waals surface area contributed by atoms with Crippen LogP contribution < -0.4 is 16.8 Å². The summed E-state index contributed by atoms with van der Waals surface area (Å²) in [5, 5.41) is 11.1. The number of carboxylic acids is 1.